The minimum Gasteiger partial charge on any atom is -0.462 e. The van der Waals surface area contributed by atoms with Crippen molar-refractivity contribution in [3.63, 3.8) is 0 Å². The molecule has 2 saturated heterocycles. The van der Waals surface area contributed by atoms with E-state index in [1.54, 1.807) is 25.7 Å². The molecular weight excluding hydrogens is 384 g/mol. The van der Waals surface area contributed by atoms with E-state index >= 15 is 0 Å². The lowest BCUT2D eigenvalue weighted by Crippen LogP contribution is -2.46. The molecule has 1 aromatic rings. The number of esters is 1. The van der Waals surface area contributed by atoms with Gasteiger partial charge in [-0.2, -0.15) is 0 Å². The van der Waals surface area contributed by atoms with Crippen LogP contribution in [0.4, 0.5) is 0 Å². The Kier molecular flexibility index (Phi) is 7.53. The molecular formula is C22H34N4O4. The lowest BCUT2D eigenvalue weighted by atomic mass is 9.96. The highest BCUT2D eigenvalue weighted by atomic mass is 16.5. The number of nitrogens with one attached hydrogen (secondary N) is 2. The van der Waals surface area contributed by atoms with Gasteiger partial charge in [0.05, 0.1) is 18.1 Å². The second kappa shape index (κ2) is 10.1. The molecule has 3 rings (SSSR count). The summed E-state index contributed by atoms with van der Waals surface area (Å²) < 4.78 is 5.11. The summed E-state index contributed by atoms with van der Waals surface area (Å²) in [4.78, 5) is 45.1. The topological polar surface area (TPSA) is 94.7 Å². The first-order valence-electron chi connectivity index (χ1n) is 11.1. The Morgan fingerprint density at radius 2 is 1.87 bits per heavy atom. The van der Waals surface area contributed by atoms with Crippen LogP contribution in [0, 0.1) is 19.8 Å². The molecule has 1 aromatic heterocycles. The van der Waals surface area contributed by atoms with Gasteiger partial charge in [0.2, 0.25) is 5.91 Å². The van der Waals surface area contributed by atoms with Gasteiger partial charge in [0.1, 0.15) is 5.69 Å². The number of aryl methyl sites for hydroxylation is 1. The van der Waals surface area contributed by atoms with E-state index in [1.807, 2.05) is 0 Å². The van der Waals surface area contributed by atoms with Crippen molar-refractivity contribution in [3.8, 4) is 0 Å². The fourth-order valence-corrected chi connectivity index (χ4v) is 4.49. The number of likely N-dealkylation sites (tertiary alicyclic amines) is 2. The first-order chi connectivity index (χ1) is 14.4. The third-order valence-electron chi connectivity index (χ3n) is 6.14. The fraction of sp³-hybridized carbons (Fsp3) is 0.682. The van der Waals surface area contributed by atoms with Crippen LogP contribution in [-0.4, -0.2) is 78.4 Å². The summed E-state index contributed by atoms with van der Waals surface area (Å²) in [6.07, 6.45) is 4.06. The number of H-pyrrole nitrogens is 1. The molecule has 0 saturated carbocycles. The quantitative estimate of drug-likeness (QED) is 0.659. The van der Waals surface area contributed by atoms with Gasteiger partial charge in [-0.25, -0.2) is 4.79 Å². The number of aromatic nitrogens is 1. The summed E-state index contributed by atoms with van der Waals surface area (Å²) in [6, 6.07) is 0. The number of hydrogen-bond acceptors (Lipinski definition) is 5. The summed E-state index contributed by atoms with van der Waals surface area (Å²) in [5.74, 6) is -0.752. The van der Waals surface area contributed by atoms with Crippen LogP contribution in [0.5, 0.6) is 0 Å². The summed E-state index contributed by atoms with van der Waals surface area (Å²) in [5.41, 5.74) is 2.06. The molecule has 0 spiro atoms. The van der Waals surface area contributed by atoms with Gasteiger partial charge in [0.15, 0.2) is 0 Å². The zero-order valence-electron chi connectivity index (χ0n) is 18.4. The number of hydrogen-bond donors (Lipinski definition) is 2. The van der Waals surface area contributed by atoms with Gasteiger partial charge in [-0.1, -0.05) is 0 Å². The van der Waals surface area contributed by atoms with Crippen molar-refractivity contribution in [3.05, 3.63) is 22.5 Å². The van der Waals surface area contributed by atoms with E-state index in [9.17, 15) is 14.4 Å². The van der Waals surface area contributed by atoms with Gasteiger partial charge >= 0.3 is 5.97 Å². The van der Waals surface area contributed by atoms with Gasteiger partial charge in [-0.15, -0.1) is 0 Å². The van der Waals surface area contributed by atoms with Crippen LogP contribution in [0.2, 0.25) is 0 Å². The minimum atomic E-state index is -0.420. The molecule has 30 heavy (non-hydrogen) atoms. The average molecular weight is 419 g/mol. The molecule has 2 fully saturated rings. The molecule has 3 heterocycles. The lowest BCUT2D eigenvalue weighted by molar-refractivity contribution is -0.126. The van der Waals surface area contributed by atoms with Gasteiger partial charge in [0.25, 0.3) is 5.91 Å². The molecule has 0 bridgehead atoms. The second-order valence-corrected chi connectivity index (χ2v) is 8.28. The zero-order chi connectivity index (χ0) is 21.7. The average Bonchev–Trinajstić information content (AvgIpc) is 3.35. The predicted octanol–water partition coefficient (Wildman–Crippen LogP) is 1.87. The van der Waals surface area contributed by atoms with Crippen molar-refractivity contribution < 1.29 is 19.1 Å². The van der Waals surface area contributed by atoms with E-state index in [4.69, 9.17) is 4.74 Å². The summed E-state index contributed by atoms with van der Waals surface area (Å²) in [7, 11) is 0. The Labute approximate surface area is 178 Å². The highest BCUT2D eigenvalue weighted by Crippen LogP contribution is 2.23. The largest absolute Gasteiger partial charge is 0.462 e. The summed E-state index contributed by atoms with van der Waals surface area (Å²) in [5, 5.41) is 3.04. The lowest BCUT2D eigenvalue weighted by Gasteiger charge is -2.32. The SMILES string of the molecule is CCOC(=O)c1c(C)[nH]c(C(=O)N2CCC[C@@H](C(=O)NCCN3CCCC3)C2)c1C. The highest BCUT2D eigenvalue weighted by molar-refractivity contribution is 6.00. The monoisotopic (exact) mass is 418 g/mol. The van der Waals surface area contributed by atoms with Crippen LogP contribution in [0.3, 0.4) is 0 Å². The van der Waals surface area contributed by atoms with Crippen LogP contribution in [0.1, 0.15) is 64.7 Å². The van der Waals surface area contributed by atoms with E-state index < -0.39 is 5.97 Å². The molecule has 8 heteroatoms. The first kappa shape index (κ1) is 22.3. The standard InChI is InChI=1S/C22H34N4O4/c1-4-30-22(29)18-15(2)19(24-16(18)3)21(28)26-12-7-8-17(14-26)20(27)23-9-13-25-10-5-6-11-25/h17,24H,4-14H2,1-3H3,(H,23,27)/t17-/m1/s1. The maximum Gasteiger partial charge on any atom is 0.340 e. The van der Waals surface area contributed by atoms with Crippen LogP contribution in [0.15, 0.2) is 0 Å². The number of carbonyl (C=O) groups excluding carboxylic acids is 3. The Morgan fingerprint density at radius 3 is 2.57 bits per heavy atom. The normalized spacial score (nSPS) is 19.7. The Bertz CT molecular complexity index is 782. The number of rotatable bonds is 7. The third-order valence-corrected chi connectivity index (χ3v) is 6.14. The number of nitrogens with zero attached hydrogens (tertiary/aromatic N) is 2. The van der Waals surface area contributed by atoms with E-state index in [0.717, 1.165) is 32.5 Å². The first-order valence-corrected chi connectivity index (χ1v) is 11.1. The molecule has 2 amide bonds. The number of carbonyl (C=O) groups is 3. The van der Waals surface area contributed by atoms with Crippen molar-refractivity contribution in [1.29, 1.82) is 0 Å². The van der Waals surface area contributed by atoms with Gasteiger partial charge in [0, 0.05) is 31.9 Å². The van der Waals surface area contributed by atoms with Crippen LogP contribution < -0.4 is 5.32 Å². The number of piperidine rings is 1. The van der Waals surface area contributed by atoms with Crippen molar-refractivity contribution >= 4 is 17.8 Å². The number of amides is 2. The van der Waals surface area contributed by atoms with E-state index in [0.29, 0.717) is 42.1 Å². The summed E-state index contributed by atoms with van der Waals surface area (Å²) in [6.45, 7) is 10.4. The van der Waals surface area contributed by atoms with Crippen molar-refractivity contribution in [2.24, 2.45) is 5.92 Å². The smallest absolute Gasteiger partial charge is 0.340 e. The molecule has 8 nitrogen and oxygen atoms in total. The molecule has 166 valence electrons. The van der Waals surface area contributed by atoms with Gasteiger partial charge in [-0.05, 0) is 65.1 Å². The van der Waals surface area contributed by atoms with Crippen LogP contribution in [0.25, 0.3) is 0 Å². The van der Waals surface area contributed by atoms with Crippen molar-refractivity contribution in [2.45, 2.75) is 46.5 Å². The van der Waals surface area contributed by atoms with Crippen molar-refractivity contribution in [2.75, 3.05) is 45.9 Å². The van der Waals surface area contributed by atoms with E-state index in [-0.39, 0.29) is 24.3 Å². The maximum atomic E-state index is 13.1. The molecule has 1 atom stereocenters. The Balaban J connectivity index is 1.59. The molecule has 0 radical (unpaired) electrons. The Morgan fingerprint density at radius 1 is 1.13 bits per heavy atom. The third kappa shape index (κ3) is 5.03. The predicted molar refractivity (Wildman–Crippen MR) is 114 cm³/mol. The molecule has 0 aliphatic carbocycles. The van der Waals surface area contributed by atoms with Gasteiger partial charge < -0.3 is 24.8 Å². The zero-order valence-corrected chi connectivity index (χ0v) is 18.4. The van der Waals surface area contributed by atoms with Crippen molar-refractivity contribution in [1.82, 2.24) is 20.1 Å². The van der Waals surface area contributed by atoms with Gasteiger partial charge in [-0.3, -0.25) is 9.59 Å². The van der Waals surface area contributed by atoms with Crippen LogP contribution >= 0.6 is 0 Å². The van der Waals surface area contributed by atoms with Crippen LogP contribution in [-0.2, 0) is 9.53 Å². The number of aromatic amines is 1. The highest BCUT2D eigenvalue weighted by Gasteiger charge is 2.31. The van der Waals surface area contributed by atoms with E-state index in [1.165, 1.54) is 12.8 Å². The second-order valence-electron chi connectivity index (χ2n) is 8.28. The fourth-order valence-electron chi connectivity index (χ4n) is 4.49. The Hall–Kier alpha value is -2.35. The molecule has 2 N–H and O–H groups in total. The minimum absolute atomic E-state index is 0.0262. The van der Waals surface area contributed by atoms with E-state index in [2.05, 4.69) is 15.2 Å². The molecule has 0 unspecified atom stereocenters. The molecule has 0 aromatic carbocycles. The molecule has 2 aliphatic rings. The molecule has 2 aliphatic heterocycles. The maximum absolute atomic E-state index is 13.1. The number of ether oxygens (including phenoxy) is 1. The summed E-state index contributed by atoms with van der Waals surface area (Å²) >= 11 is 0.